The highest BCUT2D eigenvalue weighted by atomic mass is 19.1. The molecule has 0 amide bonds. The summed E-state index contributed by atoms with van der Waals surface area (Å²) in [6.45, 7) is 8.62. The van der Waals surface area contributed by atoms with Crippen LogP contribution < -0.4 is 0 Å². The van der Waals surface area contributed by atoms with Crippen molar-refractivity contribution in [1.82, 2.24) is 0 Å². The Morgan fingerprint density at radius 1 is 1.21 bits per heavy atom. The Hall–Kier alpha value is -1.18. The quantitative estimate of drug-likeness (QED) is 0.695. The lowest BCUT2D eigenvalue weighted by molar-refractivity contribution is -0.00230. The largest absolute Gasteiger partial charge is 0.294 e. The number of benzene rings is 1. The molecule has 2 heteroatoms. The van der Waals surface area contributed by atoms with Gasteiger partial charge in [0.15, 0.2) is 5.78 Å². The molecule has 0 spiro atoms. The standard InChI is InChI=1S/C17H23FO/c1-12-6-5-11-16(2,3)17(12,4)15(19)13-7-9-14(18)10-8-13/h7-10,12H,5-6,11H2,1-4H3/t12-,17-/m0/s1. The number of ketones is 1. The molecule has 0 heterocycles. The monoisotopic (exact) mass is 262 g/mol. The van der Waals surface area contributed by atoms with Gasteiger partial charge in [0.05, 0.1) is 0 Å². The summed E-state index contributed by atoms with van der Waals surface area (Å²) >= 11 is 0. The lowest BCUT2D eigenvalue weighted by Gasteiger charge is -2.51. The summed E-state index contributed by atoms with van der Waals surface area (Å²) in [6, 6.07) is 5.97. The van der Waals surface area contributed by atoms with E-state index in [-0.39, 0.29) is 22.4 Å². The summed E-state index contributed by atoms with van der Waals surface area (Å²) in [4.78, 5) is 12.9. The Labute approximate surface area is 115 Å². The third-order valence-corrected chi connectivity index (χ3v) is 5.41. The third kappa shape index (κ3) is 2.22. The van der Waals surface area contributed by atoms with E-state index in [1.165, 1.54) is 18.6 Å². The highest BCUT2D eigenvalue weighted by molar-refractivity contribution is 6.01. The van der Waals surface area contributed by atoms with Crippen LogP contribution in [0.4, 0.5) is 4.39 Å². The normalized spacial score (nSPS) is 30.1. The molecule has 2 rings (SSSR count). The zero-order chi connectivity index (χ0) is 14.3. The van der Waals surface area contributed by atoms with Gasteiger partial charge in [-0.1, -0.05) is 34.1 Å². The summed E-state index contributed by atoms with van der Waals surface area (Å²) < 4.78 is 13.0. The number of hydrogen-bond acceptors (Lipinski definition) is 1. The topological polar surface area (TPSA) is 17.1 Å². The molecule has 1 aliphatic rings. The summed E-state index contributed by atoms with van der Waals surface area (Å²) in [5.41, 5.74) is 0.241. The first-order valence-corrected chi connectivity index (χ1v) is 7.09. The lowest BCUT2D eigenvalue weighted by Crippen LogP contribution is -2.49. The Bertz CT molecular complexity index is 475. The second-order valence-electron chi connectivity index (χ2n) is 6.72. The van der Waals surface area contributed by atoms with Gasteiger partial charge in [-0.25, -0.2) is 4.39 Å². The molecule has 0 bridgehead atoms. The minimum absolute atomic E-state index is 0.0177. The van der Waals surface area contributed by atoms with Gasteiger partial charge in [0.2, 0.25) is 0 Å². The maximum atomic E-state index is 13.0. The number of carbonyl (C=O) groups excluding carboxylic acids is 1. The molecule has 0 aliphatic heterocycles. The molecule has 104 valence electrons. The summed E-state index contributed by atoms with van der Waals surface area (Å²) in [6.07, 6.45) is 3.34. The van der Waals surface area contributed by atoms with Crippen LogP contribution in [0.25, 0.3) is 0 Å². The molecule has 1 aromatic rings. The fourth-order valence-corrected chi connectivity index (χ4v) is 3.50. The number of hydrogen-bond donors (Lipinski definition) is 0. The fraction of sp³-hybridized carbons (Fsp3) is 0.588. The van der Waals surface area contributed by atoms with Crippen molar-refractivity contribution in [2.75, 3.05) is 0 Å². The summed E-state index contributed by atoms with van der Waals surface area (Å²) in [7, 11) is 0. The van der Waals surface area contributed by atoms with E-state index in [2.05, 4.69) is 27.7 Å². The van der Waals surface area contributed by atoms with Crippen LogP contribution in [0.5, 0.6) is 0 Å². The van der Waals surface area contributed by atoms with Gasteiger partial charge in [-0.05, 0) is 48.4 Å². The maximum Gasteiger partial charge on any atom is 0.169 e. The maximum absolute atomic E-state index is 13.0. The molecular weight excluding hydrogens is 239 g/mol. The van der Waals surface area contributed by atoms with Crippen LogP contribution in [0.3, 0.4) is 0 Å². The molecule has 0 saturated heterocycles. The molecule has 2 atom stereocenters. The van der Waals surface area contributed by atoms with Crippen molar-refractivity contribution in [3.63, 3.8) is 0 Å². The molecule has 1 fully saturated rings. The van der Waals surface area contributed by atoms with E-state index in [1.54, 1.807) is 12.1 Å². The fourth-order valence-electron chi connectivity index (χ4n) is 3.50. The van der Waals surface area contributed by atoms with E-state index in [9.17, 15) is 9.18 Å². The van der Waals surface area contributed by atoms with Gasteiger partial charge in [-0.3, -0.25) is 4.79 Å². The van der Waals surface area contributed by atoms with E-state index < -0.39 is 0 Å². The Morgan fingerprint density at radius 3 is 2.32 bits per heavy atom. The molecule has 1 aromatic carbocycles. The van der Waals surface area contributed by atoms with E-state index in [0.717, 1.165) is 12.8 Å². The van der Waals surface area contributed by atoms with E-state index in [4.69, 9.17) is 0 Å². The minimum atomic E-state index is -0.372. The van der Waals surface area contributed by atoms with Crippen LogP contribution >= 0.6 is 0 Å². The first kappa shape index (κ1) is 14.2. The van der Waals surface area contributed by atoms with Crippen molar-refractivity contribution in [2.45, 2.75) is 47.0 Å². The molecule has 0 N–H and O–H groups in total. The van der Waals surface area contributed by atoms with Crippen LogP contribution in [0.1, 0.15) is 57.3 Å². The number of carbonyl (C=O) groups is 1. The van der Waals surface area contributed by atoms with Crippen molar-refractivity contribution >= 4 is 5.78 Å². The molecular formula is C17H23FO. The van der Waals surface area contributed by atoms with Crippen LogP contribution in [0.2, 0.25) is 0 Å². The van der Waals surface area contributed by atoms with Gasteiger partial charge in [0.25, 0.3) is 0 Å². The van der Waals surface area contributed by atoms with Crippen molar-refractivity contribution in [3.8, 4) is 0 Å². The minimum Gasteiger partial charge on any atom is -0.294 e. The molecule has 0 aromatic heterocycles. The van der Waals surface area contributed by atoms with Gasteiger partial charge in [0, 0.05) is 11.0 Å². The Morgan fingerprint density at radius 2 is 1.79 bits per heavy atom. The summed E-state index contributed by atoms with van der Waals surface area (Å²) in [5.74, 6) is 0.219. The van der Waals surface area contributed by atoms with Crippen molar-refractivity contribution in [1.29, 1.82) is 0 Å². The highest BCUT2D eigenvalue weighted by Gasteiger charge is 2.52. The van der Waals surface area contributed by atoms with Crippen LogP contribution in [0.15, 0.2) is 24.3 Å². The van der Waals surface area contributed by atoms with Gasteiger partial charge >= 0.3 is 0 Å². The molecule has 1 aliphatic carbocycles. The second-order valence-corrected chi connectivity index (χ2v) is 6.72. The predicted molar refractivity (Wildman–Crippen MR) is 75.6 cm³/mol. The van der Waals surface area contributed by atoms with Crippen molar-refractivity contribution in [2.24, 2.45) is 16.7 Å². The number of halogens is 1. The lowest BCUT2D eigenvalue weighted by atomic mass is 9.52. The van der Waals surface area contributed by atoms with Crippen molar-refractivity contribution in [3.05, 3.63) is 35.6 Å². The van der Waals surface area contributed by atoms with Crippen LogP contribution in [0, 0.1) is 22.6 Å². The SMILES string of the molecule is C[C@H]1CCCC(C)(C)[C@]1(C)C(=O)c1ccc(F)cc1. The van der Waals surface area contributed by atoms with Gasteiger partial charge in [0.1, 0.15) is 5.82 Å². The number of rotatable bonds is 2. The average Bonchev–Trinajstić information content (AvgIpc) is 2.35. The first-order valence-electron chi connectivity index (χ1n) is 7.09. The Kier molecular flexibility index (Phi) is 3.55. The molecule has 1 nitrogen and oxygen atoms in total. The molecule has 0 unspecified atom stereocenters. The summed E-state index contributed by atoms with van der Waals surface area (Å²) in [5, 5.41) is 0. The first-order chi connectivity index (χ1) is 8.79. The van der Waals surface area contributed by atoms with E-state index in [0.29, 0.717) is 11.5 Å². The van der Waals surface area contributed by atoms with Crippen LogP contribution in [-0.4, -0.2) is 5.78 Å². The van der Waals surface area contributed by atoms with Crippen molar-refractivity contribution < 1.29 is 9.18 Å². The Balaban J connectivity index is 2.42. The zero-order valence-corrected chi connectivity index (χ0v) is 12.3. The predicted octanol–water partition coefficient (Wildman–Crippen LogP) is 4.86. The van der Waals surface area contributed by atoms with Crippen LogP contribution in [-0.2, 0) is 0 Å². The van der Waals surface area contributed by atoms with E-state index in [1.807, 2.05) is 0 Å². The molecule has 1 saturated carbocycles. The molecule has 19 heavy (non-hydrogen) atoms. The van der Waals surface area contributed by atoms with Gasteiger partial charge in [-0.2, -0.15) is 0 Å². The van der Waals surface area contributed by atoms with Gasteiger partial charge in [-0.15, -0.1) is 0 Å². The molecule has 0 radical (unpaired) electrons. The average molecular weight is 262 g/mol. The third-order valence-electron chi connectivity index (χ3n) is 5.41. The zero-order valence-electron chi connectivity index (χ0n) is 12.3. The number of Topliss-reactive ketones (excluding diaryl/α,β-unsaturated/α-hetero) is 1. The smallest absolute Gasteiger partial charge is 0.169 e. The highest BCUT2D eigenvalue weighted by Crippen LogP contribution is 2.54. The van der Waals surface area contributed by atoms with E-state index >= 15 is 0 Å². The second kappa shape index (κ2) is 4.73. The van der Waals surface area contributed by atoms with Gasteiger partial charge < -0.3 is 0 Å².